The number of rotatable bonds is 6. The van der Waals surface area contributed by atoms with Gasteiger partial charge in [0.1, 0.15) is 6.61 Å². The number of hydrogen-bond donors (Lipinski definition) is 1. The number of nitrogens with zero attached hydrogens (tertiary/aromatic N) is 1. The molecule has 1 saturated heterocycles. The first-order valence-corrected chi connectivity index (χ1v) is 10.5. The molecule has 0 aromatic heterocycles. The number of anilines is 1. The second-order valence-corrected chi connectivity index (χ2v) is 8.01. The van der Waals surface area contributed by atoms with E-state index in [1.807, 2.05) is 35.2 Å². The lowest BCUT2D eigenvalue weighted by Crippen LogP contribution is -2.35. The largest absolute Gasteiger partial charge is 0.461 e. The van der Waals surface area contributed by atoms with E-state index in [-0.39, 0.29) is 36.7 Å². The molecule has 0 bridgehead atoms. The van der Waals surface area contributed by atoms with Gasteiger partial charge in [0.05, 0.1) is 5.92 Å². The van der Waals surface area contributed by atoms with E-state index >= 15 is 0 Å². The minimum Gasteiger partial charge on any atom is -0.461 e. The van der Waals surface area contributed by atoms with Gasteiger partial charge in [0.25, 0.3) is 5.91 Å². The number of amides is 2. The Morgan fingerprint density at radius 3 is 2.40 bits per heavy atom. The van der Waals surface area contributed by atoms with Gasteiger partial charge in [-0.1, -0.05) is 43.2 Å². The number of esters is 1. The lowest BCUT2D eigenvalue weighted by Gasteiger charge is -2.23. The number of nitrogens with one attached hydrogen (secondary N) is 1. The van der Waals surface area contributed by atoms with Crippen LogP contribution in [0, 0.1) is 5.92 Å². The van der Waals surface area contributed by atoms with Crippen molar-refractivity contribution in [3.05, 3.63) is 65.7 Å². The number of hydrogen-bond acceptors (Lipinski definition) is 4. The first kappa shape index (κ1) is 20.1. The predicted octanol–water partition coefficient (Wildman–Crippen LogP) is 3.77. The molecule has 2 amide bonds. The van der Waals surface area contributed by atoms with Crippen molar-refractivity contribution < 1.29 is 19.1 Å². The molecule has 2 aromatic rings. The molecular formula is C24H26N2O4. The van der Waals surface area contributed by atoms with Crippen LogP contribution in [-0.4, -0.2) is 35.3 Å². The molecular weight excluding hydrogens is 380 g/mol. The lowest BCUT2D eigenvalue weighted by atomic mass is 10.1. The van der Waals surface area contributed by atoms with Crippen molar-refractivity contribution in [1.82, 2.24) is 4.90 Å². The maximum absolute atomic E-state index is 12.4. The van der Waals surface area contributed by atoms with Crippen molar-refractivity contribution in [1.29, 1.82) is 0 Å². The number of benzene rings is 2. The van der Waals surface area contributed by atoms with E-state index in [0.717, 1.165) is 36.9 Å². The molecule has 2 fully saturated rings. The maximum Gasteiger partial charge on any atom is 0.311 e. The summed E-state index contributed by atoms with van der Waals surface area (Å²) in [6.45, 7) is 0.606. The highest BCUT2D eigenvalue weighted by Gasteiger charge is 2.39. The maximum atomic E-state index is 12.4. The molecule has 1 aliphatic carbocycles. The Kier molecular flexibility index (Phi) is 6.12. The minimum atomic E-state index is -0.381. The number of ether oxygens (including phenoxy) is 1. The van der Waals surface area contributed by atoms with Gasteiger partial charge in [0.2, 0.25) is 5.91 Å². The second kappa shape index (κ2) is 9.11. The summed E-state index contributed by atoms with van der Waals surface area (Å²) in [5.41, 5.74) is 2.07. The topological polar surface area (TPSA) is 75.7 Å². The van der Waals surface area contributed by atoms with Crippen LogP contribution in [0.4, 0.5) is 5.69 Å². The Morgan fingerprint density at radius 2 is 1.70 bits per heavy atom. The van der Waals surface area contributed by atoms with E-state index in [1.165, 1.54) is 0 Å². The zero-order valence-electron chi connectivity index (χ0n) is 16.9. The van der Waals surface area contributed by atoms with Crippen LogP contribution < -0.4 is 5.32 Å². The molecule has 1 N–H and O–H groups in total. The quantitative estimate of drug-likeness (QED) is 0.741. The molecule has 1 aliphatic heterocycles. The van der Waals surface area contributed by atoms with Crippen molar-refractivity contribution in [3.63, 3.8) is 0 Å². The average Bonchev–Trinajstić information content (AvgIpc) is 3.42. The Bertz CT molecular complexity index is 905. The Labute approximate surface area is 176 Å². The normalized spacial score (nSPS) is 19.1. The van der Waals surface area contributed by atoms with Gasteiger partial charge < -0.3 is 15.0 Å². The van der Waals surface area contributed by atoms with Crippen molar-refractivity contribution in [2.45, 2.75) is 44.8 Å². The zero-order valence-corrected chi connectivity index (χ0v) is 16.9. The van der Waals surface area contributed by atoms with Crippen LogP contribution in [0.2, 0.25) is 0 Å². The summed E-state index contributed by atoms with van der Waals surface area (Å²) < 4.78 is 5.45. The van der Waals surface area contributed by atoms with Crippen LogP contribution in [0.3, 0.4) is 0 Å². The number of carbonyl (C=O) groups is 3. The lowest BCUT2D eigenvalue weighted by molar-refractivity contribution is -0.149. The second-order valence-electron chi connectivity index (χ2n) is 8.01. The molecule has 6 nitrogen and oxygen atoms in total. The van der Waals surface area contributed by atoms with Crippen LogP contribution >= 0.6 is 0 Å². The number of carbonyl (C=O) groups excluding carboxylic acids is 3. The summed E-state index contributed by atoms with van der Waals surface area (Å²) in [6.07, 6.45) is 4.63. The van der Waals surface area contributed by atoms with Crippen LogP contribution in [-0.2, 0) is 20.9 Å². The van der Waals surface area contributed by atoms with Gasteiger partial charge in [-0.25, -0.2) is 0 Å². The van der Waals surface area contributed by atoms with Crippen LogP contribution in [0.15, 0.2) is 54.6 Å². The van der Waals surface area contributed by atoms with Gasteiger partial charge in [-0.2, -0.15) is 0 Å². The highest BCUT2D eigenvalue weighted by atomic mass is 16.5. The highest BCUT2D eigenvalue weighted by Crippen LogP contribution is 2.30. The van der Waals surface area contributed by atoms with E-state index in [1.54, 1.807) is 24.3 Å². The van der Waals surface area contributed by atoms with Gasteiger partial charge in [-0.3, -0.25) is 14.4 Å². The fourth-order valence-electron chi connectivity index (χ4n) is 4.21. The Hall–Kier alpha value is -3.15. The molecule has 2 aliphatic rings. The Balaban J connectivity index is 1.27. The highest BCUT2D eigenvalue weighted by molar-refractivity contribution is 6.04. The monoisotopic (exact) mass is 406 g/mol. The van der Waals surface area contributed by atoms with Crippen molar-refractivity contribution in [2.24, 2.45) is 5.92 Å². The Morgan fingerprint density at radius 1 is 1.00 bits per heavy atom. The van der Waals surface area contributed by atoms with E-state index < -0.39 is 0 Å². The molecule has 6 heteroatoms. The molecule has 156 valence electrons. The third-order valence-corrected chi connectivity index (χ3v) is 5.89. The minimum absolute atomic E-state index is 0.0673. The van der Waals surface area contributed by atoms with Gasteiger partial charge in [0, 0.05) is 30.3 Å². The summed E-state index contributed by atoms with van der Waals surface area (Å²) >= 11 is 0. The third-order valence-electron chi connectivity index (χ3n) is 5.89. The number of likely N-dealkylation sites (tertiary alicyclic amines) is 1. The summed E-state index contributed by atoms with van der Waals surface area (Å²) in [5, 5.41) is 2.84. The summed E-state index contributed by atoms with van der Waals surface area (Å²) in [5.74, 6) is -0.831. The molecule has 0 unspecified atom stereocenters. The van der Waals surface area contributed by atoms with Gasteiger partial charge >= 0.3 is 5.97 Å². The summed E-state index contributed by atoms with van der Waals surface area (Å²) in [7, 11) is 0. The van der Waals surface area contributed by atoms with Crippen molar-refractivity contribution in [3.8, 4) is 0 Å². The summed E-state index contributed by atoms with van der Waals surface area (Å²) in [4.78, 5) is 38.9. The van der Waals surface area contributed by atoms with E-state index in [4.69, 9.17) is 4.74 Å². The zero-order chi connectivity index (χ0) is 20.9. The molecule has 0 radical (unpaired) electrons. The summed E-state index contributed by atoms with van der Waals surface area (Å²) in [6, 6.07) is 16.5. The first-order chi connectivity index (χ1) is 14.6. The first-order valence-electron chi connectivity index (χ1n) is 10.5. The molecule has 0 spiro atoms. The smallest absolute Gasteiger partial charge is 0.311 e. The van der Waals surface area contributed by atoms with E-state index in [9.17, 15) is 14.4 Å². The van der Waals surface area contributed by atoms with Crippen LogP contribution in [0.5, 0.6) is 0 Å². The van der Waals surface area contributed by atoms with E-state index in [2.05, 4.69) is 5.32 Å². The predicted molar refractivity (Wildman–Crippen MR) is 113 cm³/mol. The SMILES string of the molecule is O=C(Nc1ccccc1)c1ccc(COC(=O)[C@@H]2CC(=O)N(C3CCCC3)C2)cc1. The van der Waals surface area contributed by atoms with Gasteiger partial charge in [0.15, 0.2) is 0 Å². The fourth-order valence-corrected chi connectivity index (χ4v) is 4.21. The van der Waals surface area contributed by atoms with Crippen molar-refractivity contribution >= 4 is 23.5 Å². The molecule has 4 rings (SSSR count). The molecule has 30 heavy (non-hydrogen) atoms. The van der Waals surface area contributed by atoms with Crippen LogP contribution in [0.25, 0.3) is 0 Å². The van der Waals surface area contributed by atoms with Crippen LogP contribution in [0.1, 0.15) is 48.0 Å². The standard InChI is InChI=1S/C24H26N2O4/c27-22-14-19(15-26(22)21-8-4-5-9-21)24(29)30-16-17-10-12-18(13-11-17)23(28)25-20-6-2-1-3-7-20/h1-3,6-7,10-13,19,21H,4-5,8-9,14-16H2,(H,25,28)/t19-/m1/s1. The fraction of sp³-hybridized carbons (Fsp3) is 0.375. The van der Waals surface area contributed by atoms with Gasteiger partial charge in [-0.05, 0) is 42.7 Å². The third kappa shape index (κ3) is 4.70. The number of para-hydroxylation sites is 1. The van der Waals surface area contributed by atoms with Gasteiger partial charge in [-0.15, -0.1) is 0 Å². The van der Waals surface area contributed by atoms with E-state index in [0.29, 0.717) is 18.2 Å². The van der Waals surface area contributed by atoms with Crippen molar-refractivity contribution in [2.75, 3.05) is 11.9 Å². The molecule has 2 aromatic carbocycles. The molecule has 1 atom stereocenters. The molecule has 1 saturated carbocycles. The average molecular weight is 406 g/mol. The molecule has 1 heterocycles.